The van der Waals surface area contributed by atoms with Crippen LogP contribution in [0.2, 0.25) is 10.0 Å². The molecule has 0 N–H and O–H groups in total. The summed E-state index contributed by atoms with van der Waals surface area (Å²) in [7, 11) is 3.88. The van der Waals surface area contributed by atoms with Crippen LogP contribution in [0.3, 0.4) is 0 Å². The lowest BCUT2D eigenvalue weighted by Gasteiger charge is -2.10. The summed E-state index contributed by atoms with van der Waals surface area (Å²) < 4.78 is 0. The van der Waals surface area contributed by atoms with Crippen molar-refractivity contribution < 1.29 is 0 Å². The molecule has 0 saturated heterocycles. The summed E-state index contributed by atoms with van der Waals surface area (Å²) in [5.74, 6) is 0.920. The van der Waals surface area contributed by atoms with Crippen molar-refractivity contribution in [2.45, 2.75) is 6.92 Å². The van der Waals surface area contributed by atoms with Crippen LogP contribution in [0.5, 0.6) is 0 Å². The van der Waals surface area contributed by atoms with E-state index in [2.05, 4.69) is 4.99 Å². The number of aliphatic imine (C=N–C) groups is 1. The Labute approximate surface area is 106 Å². The van der Waals surface area contributed by atoms with Gasteiger partial charge in [-0.05, 0) is 25.1 Å². The molecule has 0 radical (unpaired) electrons. The molecule has 5 heteroatoms. The van der Waals surface area contributed by atoms with Crippen molar-refractivity contribution in [3.8, 4) is 0 Å². The van der Waals surface area contributed by atoms with Crippen molar-refractivity contribution in [3.63, 3.8) is 0 Å². The van der Waals surface area contributed by atoms with Gasteiger partial charge in [-0.1, -0.05) is 23.2 Å². The third kappa shape index (κ3) is 4.29. The maximum atomic E-state index is 5.86. The van der Waals surface area contributed by atoms with Gasteiger partial charge in [0.1, 0.15) is 5.84 Å². The Kier molecular flexibility index (Phi) is 6.03. The molecule has 0 aliphatic rings. The highest BCUT2D eigenvalue weighted by Crippen LogP contribution is 2.26. The zero-order valence-electron chi connectivity index (χ0n) is 8.79. The minimum atomic E-state index is 0. The molecule has 1 aromatic carbocycles. The lowest BCUT2D eigenvalue weighted by molar-refractivity contribution is 0.619. The molecular formula is C10H13Cl3N2. The molecule has 15 heavy (non-hydrogen) atoms. The normalized spacial score (nSPS) is 10.9. The Bertz CT molecular complexity index is 362. The van der Waals surface area contributed by atoms with Crippen LogP contribution < -0.4 is 0 Å². The van der Waals surface area contributed by atoms with Crippen molar-refractivity contribution in [2.24, 2.45) is 4.99 Å². The minimum absolute atomic E-state index is 0. The first-order valence-corrected chi connectivity index (χ1v) is 4.94. The number of hydrogen-bond acceptors (Lipinski definition) is 1. The predicted molar refractivity (Wildman–Crippen MR) is 70.2 cm³/mol. The van der Waals surface area contributed by atoms with Crippen molar-refractivity contribution in [1.29, 1.82) is 0 Å². The molecule has 0 spiro atoms. The van der Waals surface area contributed by atoms with Gasteiger partial charge in [0.2, 0.25) is 0 Å². The van der Waals surface area contributed by atoms with Crippen LogP contribution in [-0.2, 0) is 0 Å². The smallest absolute Gasteiger partial charge is 0.101 e. The molecule has 2 nitrogen and oxygen atoms in total. The maximum Gasteiger partial charge on any atom is 0.101 e. The van der Waals surface area contributed by atoms with Gasteiger partial charge in [0.05, 0.1) is 15.7 Å². The van der Waals surface area contributed by atoms with Gasteiger partial charge in [-0.25, -0.2) is 4.99 Å². The summed E-state index contributed by atoms with van der Waals surface area (Å²) in [6.45, 7) is 1.93. The molecule has 0 amide bonds. The monoisotopic (exact) mass is 266 g/mol. The fourth-order valence-corrected chi connectivity index (χ4v) is 1.13. The topological polar surface area (TPSA) is 15.6 Å². The standard InChI is InChI=1S/C10H12Cl2N2.ClH/c1-7(14(2)3)13-8-4-5-9(11)10(12)6-8;/h4-6H,1-3H3;1H. The number of rotatable bonds is 1. The molecule has 0 atom stereocenters. The van der Waals surface area contributed by atoms with E-state index in [0.29, 0.717) is 10.0 Å². The zero-order chi connectivity index (χ0) is 10.7. The van der Waals surface area contributed by atoms with Gasteiger partial charge in [0.25, 0.3) is 0 Å². The first-order chi connectivity index (χ1) is 6.50. The molecule has 0 heterocycles. The molecular weight excluding hydrogens is 254 g/mol. The first kappa shape index (κ1) is 14.6. The van der Waals surface area contributed by atoms with E-state index >= 15 is 0 Å². The first-order valence-electron chi connectivity index (χ1n) is 4.18. The van der Waals surface area contributed by atoms with Gasteiger partial charge in [-0.3, -0.25) is 0 Å². The second-order valence-corrected chi connectivity index (χ2v) is 3.97. The number of nitrogens with zero attached hydrogens (tertiary/aromatic N) is 2. The van der Waals surface area contributed by atoms with Gasteiger partial charge >= 0.3 is 0 Å². The SMILES string of the molecule is CC(=Nc1ccc(Cl)c(Cl)c1)N(C)C.Cl. The number of benzene rings is 1. The second kappa shape index (κ2) is 6.21. The summed E-state index contributed by atoms with van der Waals surface area (Å²) in [4.78, 5) is 6.29. The van der Waals surface area contributed by atoms with E-state index in [1.807, 2.05) is 32.0 Å². The summed E-state index contributed by atoms with van der Waals surface area (Å²) in [6.07, 6.45) is 0. The van der Waals surface area contributed by atoms with Crippen LogP contribution in [0.15, 0.2) is 23.2 Å². The van der Waals surface area contributed by atoms with Crippen LogP contribution >= 0.6 is 35.6 Å². The highest BCUT2D eigenvalue weighted by molar-refractivity contribution is 6.42. The van der Waals surface area contributed by atoms with E-state index in [1.54, 1.807) is 12.1 Å². The van der Waals surface area contributed by atoms with Gasteiger partial charge in [0, 0.05) is 14.1 Å². The number of amidine groups is 1. The van der Waals surface area contributed by atoms with E-state index in [9.17, 15) is 0 Å². The largest absolute Gasteiger partial charge is 0.366 e. The maximum absolute atomic E-state index is 5.86. The third-order valence-corrected chi connectivity index (χ3v) is 2.58. The molecule has 0 aliphatic carbocycles. The van der Waals surface area contributed by atoms with E-state index in [0.717, 1.165) is 11.5 Å². The van der Waals surface area contributed by atoms with Gasteiger partial charge < -0.3 is 4.90 Å². The fourth-order valence-electron chi connectivity index (χ4n) is 0.841. The van der Waals surface area contributed by atoms with Crippen LogP contribution in [0.25, 0.3) is 0 Å². The Balaban J connectivity index is 0.00000196. The molecule has 84 valence electrons. The minimum Gasteiger partial charge on any atom is -0.366 e. The van der Waals surface area contributed by atoms with Crippen LogP contribution in [0, 0.1) is 0 Å². The summed E-state index contributed by atoms with van der Waals surface area (Å²) in [5, 5.41) is 1.08. The van der Waals surface area contributed by atoms with Gasteiger partial charge in [-0.2, -0.15) is 0 Å². The Morgan fingerprint density at radius 1 is 1.20 bits per heavy atom. The van der Waals surface area contributed by atoms with Crippen LogP contribution in [0.4, 0.5) is 5.69 Å². The summed E-state index contributed by atoms with van der Waals surface area (Å²) in [5.41, 5.74) is 0.811. The van der Waals surface area contributed by atoms with E-state index in [4.69, 9.17) is 23.2 Å². The van der Waals surface area contributed by atoms with Gasteiger partial charge in [0.15, 0.2) is 0 Å². The van der Waals surface area contributed by atoms with Crippen molar-refractivity contribution in [2.75, 3.05) is 14.1 Å². The van der Waals surface area contributed by atoms with Gasteiger partial charge in [-0.15, -0.1) is 12.4 Å². The Morgan fingerprint density at radius 3 is 2.27 bits per heavy atom. The van der Waals surface area contributed by atoms with Crippen LogP contribution in [-0.4, -0.2) is 24.8 Å². The molecule has 1 aromatic rings. The average Bonchev–Trinajstić information content (AvgIpc) is 2.11. The van der Waals surface area contributed by atoms with Crippen molar-refractivity contribution in [1.82, 2.24) is 4.90 Å². The molecule has 0 unspecified atom stereocenters. The lowest BCUT2D eigenvalue weighted by Crippen LogP contribution is -2.17. The highest BCUT2D eigenvalue weighted by Gasteiger charge is 1.99. The quantitative estimate of drug-likeness (QED) is 0.554. The molecule has 0 fully saturated rings. The summed E-state index contributed by atoms with van der Waals surface area (Å²) >= 11 is 11.7. The van der Waals surface area contributed by atoms with Crippen LogP contribution in [0.1, 0.15) is 6.92 Å². The van der Waals surface area contributed by atoms with E-state index in [1.165, 1.54) is 0 Å². The molecule has 0 saturated carbocycles. The zero-order valence-corrected chi connectivity index (χ0v) is 11.1. The predicted octanol–water partition coefficient (Wildman–Crippen LogP) is 4.03. The highest BCUT2D eigenvalue weighted by atomic mass is 35.5. The van der Waals surface area contributed by atoms with Crippen molar-refractivity contribution in [3.05, 3.63) is 28.2 Å². The fraction of sp³-hybridized carbons (Fsp3) is 0.300. The Morgan fingerprint density at radius 2 is 1.80 bits per heavy atom. The molecule has 0 aromatic heterocycles. The van der Waals surface area contributed by atoms with E-state index < -0.39 is 0 Å². The molecule has 0 aliphatic heterocycles. The third-order valence-electron chi connectivity index (χ3n) is 1.84. The summed E-state index contributed by atoms with van der Waals surface area (Å²) in [6, 6.07) is 5.32. The molecule has 1 rings (SSSR count). The Hall–Kier alpha value is -0.440. The second-order valence-electron chi connectivity index (χ2n) is 3.15. The lowest BCUT2D eigenvalue weighted by atomic mass is 10.3. The number of hydrogen-bond donors (Lipinski definition) is 0. The number of halogens is 3. The molecule has 0 bridgehead atoms. The van der Waals surface area contributed by atoms with E-state index in [-0.39, 0.29) is 12.4 Å². The van der Waals surface area contributed by atoms with Crippen molar-refractivity contribution >= 4 is 47.1 Å². The average molecular weight is 268 g/mol.